The van der Waals surface area contributed by atoms with E-state index in [1.165, 1.54) is 4.31 Å². The van der Waals surface area contributed by atoms with Crippen LogP contribution in [0.2, 0.25) is 5.02 Å². The van der Waals surface area contributed by atoms with E-state index in [1.54, 1.807) is 55.5 Å². The van der Waals surface area contributed by atoms with Gasteiger partial charge in [-0.3, -0.25) is 9.10 Å². The molecule has 0 aromatic heterocycles. The Bertz CT molecular complexity index is 1240. The van der Waals surface area contributed by atoms with Gasteiger partial charge in [0.25, 0.3) is 5.91 Å². The first-order valence-electron chi connectivity index (χ1n) is 9.57. The number of hydrogen-bond acceptors (Lipinski definition) is 4. The number of rotatable bonds is 7. The van der Waals surface area contributed by atoms with Crippen molar-refractivity contribution in [2.45, 2.75) is 13.5 Å². The van der Waals surface area contributed by atoms with Crippen molar-refractivity contribution >= 4 is 54.9 Å². The molecule has 0 spiro atoms. The third-order valence-electron chi connectivity index (χ3n) is 4.68. The van der Waals surface area contributed by atoms with Gasteiger partial charge in [0.15, 0.2) is 0 Å². The average Bonchev–Trinajstić information content (AvgIpc) is 2.76. The number of sulfonamides is 1. The van der Waals surface area contributed by atoms with Crippen molar-refractivity contribution in [1.82, 2.24) is 5.43 Å². The molecule has 1 N–H and O–H groups in total. The van der Waals surface area contributed by atoms with Gasteiger partial charge >= 0.3 is 0 Å². The molecule has 0 heterocycles. The van der Waals surface area contributed by atoms with Crippen molar-refractivity contribution in [2.24, 2.45) is 5.10 Å². The lowest BCUT2D eigenvalue weighted by atomic mass is 10.1. The maximum atomic E-state index is 12.5. The summed E-state index contributed by atoms with van der Waals surface area (Å²) < 4.78 is 27.0. The fraction of sp³-hybridized carbons (Fsp3) is 0.130. The van der Waals surface area contributed by atoms with E-state index in [-0.39, 0.29) is 6.54 Å². The Morgan fingerprint density at radius 3 is 2.19 bits per heavy atom. The highest BCUT2D eigenvalue weighted by Gasteiger charge is 2.19. The van der Waals surface area contributed by atoms with Gasteiger partial charge in [-0.2, -0.15) is 5.10 Å². The molecule has 0 unspecified atom stereocenters. The van der Waals surface area contributed by atoms with Crippen LogP contribution < -0.4 is 9.73 Å². The highest BCUT2D eigenvalue weighted by Crippen LogP contribution is 2.24. The van der Waals surface area contributed by atoms with Gasteiger partial charge in [-0.25, -0.2) is 13.8 Å². The lowest BCUT2D eigenvalue weighted by Gasteiger charge is -2.23. The molecule has 0 aliphatic carbocycles. The van der Waals surface area contributed by atoms with E-state index in [4.69, 9.17) is 11.6 Å². The Kier molecular flexibility index (Phi) is 7.71. The third-order valence-corrected chi connectivity index (χ3v) is 6.71. The Labute approximate surface area is 201 Å². The summed E-state index contributed by atoms with van der Waals surface area (Å²) >= 11 is 9.58. The van der Waals surface area contributed by atoms with Gasteiger partial charge in [0.05, 0.1) is 24.2 Å². The van der Waals surface area contributed by atoms with Crippen LogP contribution in [-0.2, 0) is 16.6 Å². The quantitative estimate of drug-likeness (QED) is 0.333. The van der Waals surface area contributed by atoms with E-state index in [0.717, 1.165) is 16.3 Å². The molecular weight excluding hydrogens is 514 g/mol. The number of hydrazone groups is 1. The molecule has 6 nitrogen and oxygen atoms in total. The Hall–Kier alpha value is -2.68. The second-order valence-electron chi connectivity index (χ2n) is 7.05. The average molecular weight is 535 g/mol. The summed E-state index contributed by atoms with van der Waals surface area (Å²) in [7, 11) is -3.57. The smallest absolute Gasteiger partial charge is 0.267 e. The molecule has 0 aliphatic heterocycles. The summed E-state index contributed by atoms with van der Waals surface area (Å²) in [6, 6.07) is 20.9. The van der Waals surface area contributed by atoms with Crippen LogP contribution in [0.25, 0.3) is 0 Å². The highest BCUT2D eigenvalue weighted by atomic mass is 79.9. The van der Waals surface area contributed by atoms with Gasteiger partial charge < -0.3 is 0 Å². The Balaban J connectivity index is 1.76. The zero-order chi connectivity index (χ0) is 23.3. The number of halogens is 2. The molecule has 9 heteroatoms. The highest BCUT2D eigenvalue weighted by molar-refractivity contribution is 9.10. The number of nitrogens with zero attached hydrogens (tertiary/aromatic N) is 2. The van der Waals surface area contributed by atoms with Crippen molar-refractivity contribution < 1.29 is 13.2 Å². The predicted molar refractivity (Wildman–Crippen MR) is 133 cm³/mol. The number of hydrogen-bond donors (Lipinski definition) is 1. The van der Waals surface area contributed by atoms with Gasteiger partial charge in [-0.05, 0) is 60.5 Å². The monoisotopic (exact) mass is 533 g/mol. The van der Waals surface area contributed by atoms with Crippen LogP contribution in [0.15, 0.2) is 82.4 Å². The van der Waals surface area contributed by atoms with Crippen LogP contribution in [-0.4, -0.2) is 26.3 Å². The minimum absolute atomic E-state index is 0.0841. The van der Waals surface area contributed by atoms with Crippen molar-refractivity contribution in [3.8, 4) is 0 Å². The van der Waals surface area contributed by atoms with Gasteiger partial charge in [0.1, 0.15) is 0 Å². The molecule has 0 saturated heterocycles. The van der Waals surface area contributed by atoms with E-state index < -0.39 is 15.9 Å². The van der Waals surface area contributed by atoms with E-state index in [0.29, 0.717) is 27.5 Å². The molecule has 0 radical (unpaired) electrons. The summed E-state index contributed by atoms with van der Waals surface area (Å²) in [5.74, 6) is -0.398. The summed E-state index contributed by atoms with van der Waals surface area (Å²) in [4.78, 5) is 12.5. The maximum Gasteiger partial charge on any atom is 0.271 e. The molecule has 32 heavy (non-hydrogen) atoms. The molecule has 0 fully saturated rings. The molecule has 1 amide bonds. The molecule has 0 bridgehead atoms. The normalized spacial score (nSPS) is 11.8. The minimum atomic E-state index is -3.57. The number of benzene rings is 3. The fourth-order valence-electron chi connectivity index (χ4n) is 2.92. The fourth-order valence-corrected chi connectivity index (χ4v) is 4.25. The molecule has 3 aromatic rings. The van der Waals surface area contributed by atoms with Crippen LogP contribution in [0.4, 0.5) is 5.69 Å². The number of anilines is 1. The third kappa shape index (κ3) is 6.18. The zero-order valence-corrected chi connectivity index (χ0v) is 20.6. The first-order valence-corrected chi connectivity index (χ1v) is 12.6. The van der Waals surface area contributed by atoms with Gasteiger partial charge in [-0.1, -0.05) is 57.9 Å². The molecule has 0 atom stereocenters. The molecule has 3 rings (SSSR count). The van der Waals surface area contributed by atoms with E-state index in [1.807, 2.05) is 24.3 Å². The molecule has 3 aromatic carbocycles. The van der Waals surface area contributed by atoms with E-state index >= 15 is 0 Å². The number of carbonyl (C=O) groups excluding carboxylic acids is 1. The van der Waals surface area contributed by atoms with Crippen LogP contribution in [0, 0.1) is 0 Å². The largest absolute Gasteiger partial charge is 0.271 e. The number of amides is 1. The van der Waals surface area contributed by atoms with Crippen LogP contribution in [0.5, 0.6) is 0 Å². The predicted octanol–water partition coefficient (Wildman–Crippen LogP) is 5.22. The van der Waals surface area contributed by atoms with E-state index in [2.05, 4.69) is 26.5 Å². The lowest BCUT2D eigenvalue weighted by molar-refractivity contribution is 0.0955. The van der Waals surface area contributed by atoms with Gasteiger partial charge in [-0.15, -0.1) is 0 Å². The van der Waals surface area contributed by atoms with Gasteiger partial charge in [0, 0.05) is 15.1 Å². The topological polar surface area (TPSA) is 78.8 Å². The van der Waals surface area contributed by atoms with Crippen LogP contribution in [0.3, 0.4) is 0 Å². The van der Waals surface area contributed by atoms with Crippen molar-refractivity contribution in [2.75, 3.05) is 10.6 Å². The van der Waals surface area contributed by atoms with Gasteiger partial charge in [0.2, 0.25) is 10.0 Å². The number of carbonyl (C=O) groups is 1. The van der Waals surface area contributed by atoms with Crippen molar-refractivity contribution in [3.05, 3.63) is 99.0 Å². The van der Waals surface area contributed by atoms with Crippen molar-refractivity contribution in [1.29, 1.82) is 0 Å². The molecule has 166 valence electrons. The summed E-state index contributed by atoms with van der Waals surface area (Å²) in [5, 5.41) is 4.63. The lowest BCUT2D eigenvalue weighted by Crippen LogP contribution is -2.29. The zero-order valence-electron chi connectivity index (χ0n) is 17.4. The minimum Gasteiger partial charge on any atom is -0.267 e. The summed E-state index contributed by atoms with van der Waals surface area (Å²) in [6.45, 7) is 1.88. The van der Waals surface area contributed by atoms with Crippen LogP contribution in [0.1, 0.15) is 28.4 Å². The first kappa shape index (κ1) is 24.0. The molecule has 0 saturated carbocycles. The van der Waals surface area contributed by atoms with Crippen molar-refractivity contribution in [3.63, 3.8) is 0 Å². The Morgan fingerprint density at radius 1 is 1.00 bits per heavy atom. The van der Waals surface area contributed by atoms with E-state index in [9.17, 15) is 13.2 Å². The maximum absolute atomic E-state index is 12.5. The SMILES string of the molecule is C/C(=N/NC(=O)c1ccc(N(Cc2ccccc2Cl)S(C)(=O)=O)cc1)c1ccc(Br)cc1. The number of nitrogens with one attached hydrogen (secondary N) is 1. The summed E-state index contributed by atoms with van der Waals surface area (Å²) in [5.41, 5.74) is 5.53. The summed E-state index contributed by atoms with van der Waals surface area (Å²) in [6.07, 6.45) is 1.13. The standard InChI is InChI=1S/C23H21BrClN3O3S/c1-16(17-7-11-20(24)12-8-17)26-27-23(29)18-9-13-21(14-10-18)28(32(2,30)31)15-19-5-3-4-6-22(19)25/h3-14H,15H2,1-2H3,(H,27,29)/b26-16-. The first-order chi connectivity index (χ1) is 15.1. The Morgan fingerprint density at radius 2 is 1.59 bits per heavy atom. The second-order valence-corrected chi connectivity index (χ2v) is 10.3. The molecule has 0 aliphatic rings. The molecular formula is C23H21BrClN3O3S. The second kappa shape index (κ2) is 10.3. The van der Waals surface area contributed by atoms with Crippen LogP contribution >= 0.6 is 27.5 Å².